The number of aliphatic hydroxyl groups is 1. The van der Waals surface area contributed by atoms with E-state index in [0.29, 0.717) is 13.1 Å². The van der Waals surface area contributed by atoms with E-state index in [9.17, 15) is 14.3 Å². The summed E-state index contributed by atoms with van der Waals surface area (Å²) in [5.41, 5.74) is 2.79. The number of carbonyl (C=O) groups is 1. The number of aliphatic hydroxyl groups excluding tert-OH is 1. The zero-order chi connectivity index (χ0) is 17.4. The van der Waals surface area contributed by atoms with Crippen molar-refractivity contribution in [1.82, 2.24) is 10.6 Å². The van der Waals surface area contributed by atoms with Crippen molar-refractivity contribution in [2.75, 3.05) is 19.0 Å². The van der Waals surface area contributed by atoms with Crippen LogP contribution in [0, 0.1) is 5.82 Å². The first-order valence-electron chi connectivity index (χ1n) is 7.75. The molecule has 2 rings (SSSR count). The minimum atomic E-state index is -0.624. The standard InChI is InChI=1S/C18H22FN3O2/c1-20-18(24)17(12-23)22-10-13-5-7-16(8-6-13)21-11-14-3-2-4-15(19)9-14/h2-9,17,21-23H,10-12H2,1H3,(H,20,24). The van der Waals surface area contributed by atoms with Gasteiger partial charge in [0.25, 0.3) is 0 Å². The molecule has 0 saturated carbocycles. The highest BCUT2D eigenvalue weighted by Gasteiger charge is 2.14. The molecule has 0 aliphatic carbocycles. The van der Waals surface area contributed by atoms with Crippen LogP contribution in [0.4, 0.5) is 10.1 Å². The van der Waals surface area contributed by atoms with Crippen molar-refractivity contribution in [3.8, 4) is 0 Å². The predicted molar refractivity (Wildman–Crippen MR) is 91.9 cm³/mol. The molecule has 0 heterocycles. The van der Waals surface area contributed by atoms with Crippen molar-refractivity contribution >= 4 is 11.6 Å². The average Bonchev–Trinajstić information content (AvgIpc) is 2.61. The first kappa shape index (κ1) is 17.9. The summed E-state index contributed by atoms with van der Waals surface area (Å²) < 4.78 is 13.1. The van der Waals surface area contributed by atoms with Gasteiger partial charge in [-0.05, 0) is 35.4 Å². The van der Waals surface area contributed by atoms with Gasteiger partial charge in [-0.3, -0.25) is 10.1 Å². The number of rotatable bonds is 8. The molecule has 4 N–H and O–H groups in total. The quantitative estimate of drug-likeness (QED) is 0.593. The zero-order valence-electron chi connectivity index (χ0n) is 13.6. The number of benzene rings is 2. The van der Waals surface area contributed by atoms with Gasteiger partial charge in [0.15, 0.2) is 0 Å². The smallest absolute Gasteiger partial charge is 0.239 e. The Morgan fingerprint density at radius 2 is 1.88 bits per heavy atom. The average molecular weight is 331 g/mol. The molecule has 0 bridgehead atoms. The lowest BCUT2D eigenvalue weighted by Crippen LogP contribution is -2.44. The van der Waals surface area contributed by atoms with Gasteiger partial charge in [0.2, 0.25) is 5.91 Å². The summed E-state index contributed by atoms with van der Waals surface area (Å²) in [5, 5.41) is 17.9. The van der Waals surface area contributed by atoms with Crippen LogP contribution in [0.25, 0.3) is 0 Å². The number of amides is 1. The first-order chi connectivity index (χ1) is 11.6. The van der Waals surface area contributed by atoms with E-state index in [1.807, 2.05) is 30.3 Å². The van der Waals surface area contributed by atoms with Crippen LogP contribution in [-0.2, 0) is 17.9 Å². The van der Waals surface area contributed by atoms with Crippen LogP contribution < -0.4 is 16.0 Å². The summed E-state index contributed by atoms with van der Waals surface area (Å²) in [6.07, 6.45) is 0. The lowest BCUT2D eigenvalue weighted by molar-refractivity contribution is -0.123. The van der Waals surface area contributed by atoms with Gasteiger partial charge < -0.3 is 15.7 Å². The van der Waals surface area contributed by atoms with E-state index in [1.54, 1.807) is 6.07 Å². The van der Waals surface area contributed by atoms with E-state index in [-0.39, 0.29) is 18.3 Å². The second kappa shape index (κ2) is 9.00. The third-order valence-electron chi connectivity index (χ3n) is 3.64. The molecule has 0 aromatic heterocycles. The van der Waals surface area contributed by atoms with E-state index in [2.05, 4.69) is 16.0 Å². The number of halogens is 1. The molecule has 1 atom stereocenters. The Morgan fingerprint density at radius 3 is 2.50 bits per heavy atom. The third kappa shape index (κ3) is 5.33. The van der Waals surface area contributed by atoms with Gasteiger partial charge in [-0.25, -0.2) is 4.39 Å². The monoisotopic (exact) mass is 331 g/mol. The van der Waals surface area contributed by atoms with Crippen LogP contribution in [0.5, 0.6) is 0 Å². The summed E-state index contributed by atoms with van der Waals surface area (Å²) in [7, 11) is 1.53. The molecular formula is C18H22FN3O2. The molecule has 0 spiro atoms. The molecule has 1 amide bonds. The summed E-state index contributed by atoms with van der Waals surface area (Å²) in [5.74, 6) is -0.490. The molecule has 6 heteroatoms. The van der Waals surface area contributed by atoms with Crippen LogP contribution in [0.3, 0.4) is 0 Å². The summed E-state index contributed by atoms with van der Waals surface area (Å²) in [6.45, 7) is 0.758. The van der Waals surface area contributed by atoms with Gasteiger partial charge >= 0.3 is 0 Å². The van der Waals surface area contributed by atoms with Crippen LogP contribution in [0.15, 0.2) is 48.5 Å². The molecule has 0 saturated heterocycles. The lowest BCUT2D eigenvalue weighted by atomic mass is 10.1. The van der Waals surface area contributed by atoms with E-state index in [1.165, 1.54) is 19.2 Å². The Morgan fingerprint density at radius 1 is 1.12 bits per heavy atom. The Labute approximate surface area is 140 Å². The first-order valence-corrected chi connectivity index (χ1v) is 7.75. The van der Waals surface area contributed by atoms with Crippen molar-refractivity contribution in [2.45, 2.75) is 19.1 Å². The third-order valence-corrected chi connectivity index (χ3v) is 3.64. The lowest BCUT2D eigenvalue weighted by Gasteiger charge is -2.15. The number of hydrogen-bond acceptors (Lipinski definition) is 4. The van der Waals surface area contributed by atoms with Gasteiger partial charge in [0.1, 0.15) is 11.9 Å². The zero-order valence-corrected chi connectivity index (χ0v) is 13.6. The predicted octanol–water partition coefficient (Wildman–Crippen LogP) is 1.63. The summed E-state index contributed by atoms with van der Waals surface area (Å²) >= 11 is 0. The second-order valence-electron chi connectivity index (χ2n) is 5.41. The SMILES string of the molecule is CNC(=O)C(CO)NCc1ccc(NCc2cccc(F)c2)cc1. The van der Waals surface area contributed by atoms with Gasteiger partial charge in [-0.15, -0.1) is 0 Å². The van der Waals surface area contributed by atoms with Crippen LogP contribution in [0.2, 0.25) is 0 Å². The van der Waals surface area contributed by atoms with Crippen LogP contribution >= 0.6 is 0 Å². The molecule has 1 unspecified atom stereocenters. The fraction of sp³-hybridized carbons (Fsp3) is 0.278. The van der Waals surface area contributed by atoms with E-state index >= 15 is 0 Å². The minimum absolute atomic E-state index is 0.245. The molecule has 0 radical (unpaired) electrons. The highest BCUT2D eigenvalue weighted by Crippen LogP contribution is 2.12. The number of anilines is 1. The van der Waals surface area contributed by atoms with Gasteiger partial charge in [-0.1, -0.05) is 24.3 Å². The Kier molecular flexibility index (Phi) is 6.72. The Hall–Kier alpha value is -2.44. The molecule has 2 aromatic carbocycles. The van der Waals surface area contributed by atoms with Gasteiger partial charge in [0.05, 0.1) is 6.61 Å². The van der Waals surface area contributed by atoms with Crippen molar-refractivity contribution in [3.63, 3.8) is 0 Å². The maximum absolute atomic E-state index is 13.1. The maximum atomic E-state index is 13.1. The molecule has 0 aliphatic rings. The Balaban J connectivity index is 1.85. The van der Waals surface area contributed by atoms with E-state index < -0.39 is 6.04 Å². The normalized spacial score (nSPS) is 11.8. The minimum Gasteiger partial charge on any atom is -0.394 e. The molecule has 128 valence electrons. The number of carbonyl (C=O) groups excluding carboxylic acids is 1. The molecule has 2 aromatic rings. The second-order valence-corrected chi connectivity index (χ2v) is 5.41. The van der Waals surface area contributed by atoms with Gasteiger partial charge in [-0.2, -0.15) is 0 Å². The molecule has 0 fully saturated rings. The topological polar surface area (TPSA) is 73.4 Å². The fourth-order valence-corrected chi connectivity index (χ4v) is 2.25. The number of likely N-dealkylation sites (N-methyl/N-ethyl adjacent to an activating group) is 1. The summed E-state index contributed by atoms with van der Waals surface area (Å²) in [4.78, 5) is 11.5. The van der Waals surface area contributed by atoms with Crippen molar-refractivity contribution in [3.05, 3.63) is 65.5 Å². The molecule has 24 heavy (non-hydrogen) atoms. The Bertz CT molecular complexity index is 662. The van der Waals surface area contributed by atoms with Crippen molar-refractivity contribution < 1.29 is 14.3 Å². The highest BCUT2D eigenvalue weighted by molar-refractivity contribution is 5.81. The van der Waals surface area contributed by atoms with E-state index in [4.69, 9.17) is 0 Å². The number of nitrogens with one attached hydrogen (secondary N) is 3. The molecule has 0 aliphatic heterocycles. The van der Waals surface area contributed by atoms with Crippen LogP contribution in [-0.4, -0.2) is 30.7 Å². The highest BCUT2D eigenvalue weighted by atomic mass is 19.1. The molecular weight excluding hydrogens is 309 g/mol. The fourth-order valence-electron chi connectivity index (χ4n) is 2.25. The van der Waals surface area contributed by atoms with E-state index in [0.717, 1.165) is 16.8 Å². The molecule has 5 nitrogen and oxygen atoms in total. The number of hydrogen-bond donors (Lipinski definition) is 4. The maximum Gasteiger partial charge on any atom is 0.239 e. The summed E-state index contributed by atoms with van der Waals surface area (Å²) in [6, 6.07) is 13.5. The van der Waals surface area contributed by atoms with Crippen LogP contribution in [0.1, 0.15) is 11.1 Å². The van der Waals surface area contributed by atoms with Crippen molar-refractivity contribution in [2.24, 2.45) is 0 Å². The largest absolute Gasteiger partial charge is 0.394 e. The van der Waals surface area contributed by atoms with Gasteiger partial charge in [0, 0.05) is 25.8 Å². The van der Waals surface area contributed by atoms with Crippen molar-refractivity contribution in [1.29, 1.82) is 0 Å².